The van der Waals surface area contributed by atoms with E-state index in [0.717, 1.165) is 5.76 Å². The summed E-state index contributed by atoms with van der Waals surface area (Å²) in [6.07, 6.45) is 2.01. The van der Waals surface area contributed by atoms with E-state index < -0.39 is 15.7 Å². The van der Waals surface area contributed by atoms with Gasteiger partial charge in [0.15, 0.2) is 9.84 Å². The van der Waals surface area contributed by atoms with Gasteiger partial charge in [-0.2, -0.15) is 0 Å². The normalized spacial score (nSPS) is 20.6. The third kappa shape index (κ3) is 2.48. The number of nitrogens with one attached hydrogen (secondary N) is 1. The predicted molar refractivity (Wildman–Crippen MR) is 71.4 cm³/mol. The lowest BCUT2D eigenvalue weighted by atomic mass is 10.0. The zero-order valence-corrected chi connectivity index (χ0v) is 11.5. The van der Waals surface area contributed by atoms with Gasteiger partial charge in [0.1, 0.15) is 11.6 Å². The summed E-state index contributed by atoms with van der Waals surface area (Å²) in [5.74, 6) is 0.406. The second kappa shape index (κ2) is 5.03. The maximum absolute atomic E-state index is 13.4. The molecule has 2 aromatic rings. The van der Waals surface area contributed by atoms with Gasteiger partial charge in [-0.1, -0.05) is 0 Å². The standard InChI is InChI=1S/C14H14FNO3S/c15-10-3-4-14-12(8-10)13(5-7-20(14,17)18)16-9-11-2-1-6-19-11/h1-4,6,8,13,16H,5,7,9H2. The summed E-state index contributed by atoms with van der Waals surface area (Å²) in [6, 6.07) is 7.27. The molecule has 0 aliphatic carbocycles. The van der Waals surface area contributed by atoms with E-state index in [0.29, 0.717) is 18.5 Å². The van der Waals surface area contributed by atoms with Gasteiger partial charge in [0, 0.05) is 6.04 Å². The van der Waals surface area contributed by atoms with Crippen LogP contribution >= 0.6 is 0 Å². The Balaban J connectivity index is 1.89. The Morgan fingerprint density at radius 2 is 2.20 bits per heavy atom. The summed E-state index contributed by atoms with van der Waals surface area (Å²) in [4.78, 5) is 0.224. The Labute approximate surface area is 116 Å². The quantitative estimate of drug-likeness (QED) is 0.884. The smallest absolute Gasteiger partial charge is 0.178 e. The highest BCUT2D eigenvalue weighted by atomic mass is 32.2. The zero-order chi connectivity index (χ0) is 14.2. The number of benzene rings is 1. The molecule has 6 heteroatoms. The molecule has 1 aliphatic heterocycles. The molecule has 1 N–H and O–H groups in total. The highest BCUT2D eigenvalue weighted by Gasteiger charge is 2.30. The topological polar surface area (TPSA) is 59.3 Å². The van der Waals surface area contributed by atoms with Crippen molar-refractivity contribution in [3.8, 4) is 0 Å². The van der Waals surface area contributed by atoms with Crippen molar-refractivity contribution in [2.75, 3.05) is 5.75 Å². The molecule has 106 valence electrons. The Hall–Kier alpha value is -1.66. The molecule has 1 atom stereocenters. The van der Waals surface area contributed by atoms with E-state index in [9.17, 15) is 12.8 Å². The number of halogens is 1. The van der Waals surface area contributed by atoms with Crippen molar-refractivity contribution in [2.45, 2.75) is 23.9 Å². The summed E-state index contributed by atoms with van der Waals surface area (Å²) < 4.78 is 42.6. The van der Waals surface area contributed by atoms with Crippen molar-refractivity contribution >= 4 is 9.84 Å². The second-order valence-electron chi connectivity index (χ2n) is 4.80. The van der Waals surface area contributed by atoms with Crippen molar-refractivity contribution in [1.82, 2.24) is 5.32 Å². The molecule has 0 saturated carbocycles. The minimum absolute atomic E-state index is 0.0709. The summed E-state index contributed by atoms with van der Waals surface area (Å²) in [6.45, 7) is 0.480. The number of rotatable bonds is 3. The fourth-order valence-electron chi connectivity index (χ4n) is 2.46. The molecule has 0 spiro atoms. The van der Waals surface area contributed by atoms with E-state index in [-0.39, 0.29) is 16.7 Å². The molecule has 20 heavy (non-hydrogen) atoms. The average molecular weight is 295 g/mol. The molecule has 1 unspecified atom stereocenters. The van der Waals surface area contributed by atoms with Gasteiger partial charge in [0.2, 0.25) is 0 Å². The van der Waals surface area contributed by atoms with Gasteiger partial charge in [-0.15, -0.1) is 0 Å². The number of furan rings is 1. The van der Waals surface area contributed by atoms with E-state index in [1.54, 1.807) is 12.3 Å². The molecule has 4 nitrogen and oxygen atoms in total. The Bertz CT molecular complexity index is 710. The molecule has 1 aromatic heterocycles. The SMILES string of the molecule is O=S1(=O)CCC(NCc2ccco2)c2cc(F)ccc21. The Morgan fingerprint density at radius 3 is 2.95 bits per heavy atom. The molecule has 0 amide bonds. The van der Waals surface area contributed by atoms with E-state index in [4.69, 9.17) is 4.42 Å². The lowest BCUT2D eigenvalue weighted by Gasteiger charge is -2.26. The number of sulfone groups is 1. The monoisotopic (exact) mass is 295 g/mol. The van der Waals surface area contributed by atoms with Crippen LogP contribution in [-0.2, 0) is 16.4 Å². The van der Waals surface area contributed by atoms with Crippen LogP contribution < -0.4 is 5.32 Å². The first-order valence-electron chi connectivity index (χ1n) is 6.34. The highest BCUT2D eigenvalue weighted by molar-refractivity contribution is 7.91. The van der Waals surface area contributed by atoms with E-state index in [1.807, 2.05) is 6.07 Å². The van der Waals surface area contributed by atoms with Crippen molar-refractivity contribution in [3.05, 3.63) is 53.7 Å². The third-order valence-electron chi connectivity index (χ3n) is 3.46. The summed E-state index contributed by atoms with van der Waals surface area (Å²) in [7, 11) is -3.29. The van der Waals surface area contributed by atoms with Crippen molar-refractivity contribution in [3.63, 3.8) is 0 Å². The third-order valence-corrected chi connectivity index (χ3v) is 5.28. The van der Waals surface area contributed by atoms with Crippen LogP contribution in [0.3, 0.4) is 0 Å². The van der Waals surface area contributed by atoms with Crippen molar-refractivity contribution in [2.24, 2.45) is 0 Å². The van der Waals surface area contributed by atoms with Crippen LogP contribution in [0.15, 0.2) is 45.9 Å². The molecule has 0 fully saturated rings. The molecule has 0 bridgehead atoms. The van der Waals surface area contributed by atoms with Gasteiger partial charge >= 0.3 is 0 Å². The minimum atomic E-state index is -3.29. The van der Waals surface area contributed by atoms with Crippen LogP contribution in [0.5, 0.6) is 0 Å². The van der Waals surface area contributed by atoms with Gasteiger partial charge in [0.25, 0.3) is 0 Å². The Morgan fingerprint density at radius 1 is 1.35 bits per heavy atom. The predicted octanol–water partition coefficient (Wildman–Crippen LogP) is 2.43. The molecule has 0 radical (unpaired) electrons. The van der Waals surface area contributed by atoms with Crippen molar-refractivity contribution in [1.29, 1.82) is 0 Å². The Kier molecular flexibility index (Phi) is 3.35. The van der Waals surface area contributed by atoms with Crippen LogP contribution in [0.2, 0.25) is 0 Å². The largest absolute Gasteiger partial charge is 0.468 e. The van der Waals surface area contributed by atoms with Crippen LogP contribution in [-0.4, -0.2) is 14.2 Å². The molecule has 2 heterocycles. The molecule has 1 aromatic carbocycles. The van der Waals surface area contributed by atoms with Gasteiger partial charge in [-0.25, -0.2) is 12.8 Å². The lowest BCUT2D eigenvalue weighted by Crippen LogP contribution is -2.29. The van der Waals surface area contributed by atoms with Gasteiger partial charge in [0.05, 0.1) is 23.5 Å². The second-order valence-corrected chi connectivity index (χ2v) is 6.88. The molecule has 3 rings (SSSR count). The first-order valence-corrected chi connectivity index (χ1v) is 7.99. The van der Waals surface area contributed by atoms with Gasteiger partial charge in [-0.3, -0.25) is 0 Å². The lowest BCUT2D eigenvalue weighted by molar-refractivity contribution is 0.433. The van der Waals surface area contributed by atoms with Crippen LogP contribution in [0.25, 0.3) is 0 Å². The molecular weight excluding hydrogens is 281 g/mol. The fraction of sp³-hybridized carbons (Fsp3) is 0.286. The molecule has 0 saturated heterocycles. The maximum atomic E-state index is 13.4. The average Bonchev–Trinajstić information content (AvgIpc) is 2.90. The van der Waals surface area contributed by atoms with Crippen LogP contribution in [0.4, 0.5) is 4.39 Å². The summed E-state index contributed by atoms with van der Waals surface area (Å²) in [5.41, 5.74) is 0.503. The maximum Gasteiger partial charge on any atom is 0.178 e. The highest BCUT2D eigenvalue weighted by Crippen LogP contribution is 2.32. The van der Waals surface area contributed by atoms with Gasteiger partial charge < -0.3 is 9.73 Å². The fourth-order valence-corrected chi connectivity index (χ4v) is 4.06. The van der Waals surface area contributed by atoms with E-state index >= 15 is 0 Å². The van der Waals surface area contributed by atoms with Crippen LogP contribution in [0.1, 0.15) is 23.8 Å². The van der Waals surface area contributed by atoms with E-state index in [2.05, 4.69) is 5.32 Å². The van der Waals surface area contributed by atoms with E-state index in [1.165, 1.54) is 18.2 Å². The zero-order valence-electron chi connectivity index (χ0n) is 10.7. The number of hydrogen-bond donors (Lipinski definition) is 1. The molecular formula is C14H14FNO3S. The first-order chi connectivity index (χ1) is 9.56. The number of fused-ring (bicyclic) bond motifs is 1. The molecule has 1 aliphatic rings. The minimum Gasteiger partial charge on any atom is -0.468 e. The summed E-state index contributed by atoms with van der Waals surface area (Å²) in [5, 5.41) is 3.22. The summed E-state index contributed by atoms with van der Waals surface area (Å²) >= 11 is 0. The van der Waals surface area contributed by atoms with Gasteiger partial charge in [-0.05, 0) is 42.3 Å². The van der Waals surface area contributed by atoms with Crippen LogP contribution in [0, 0.1) is 5.82 Å². The number of hydrogen-bond acceptors (Lipinski definition) is 4. The first kappa shape index (κ1) is 13.3. The van der Waals surface area contributed by atoms with Crippen molar-refractivity contribution < 1.29 is 17.2 Å².